The Morgan fingerprint density at radius 1 is 1.19 bits per heavy atom. The van der Waals surface area contributed by atoms with Crippen molar-refractivity contribution in [2.24, 2.45) is 5.92 Å². The van der Waals surface area contributed by atoms with Crippen molar-refractivity contribution in [1.29, 1.82) is 0 Å². The number of halogens is 1. The summed E-state index contributed by atoms with van der Waals surface area (Å²) in [4.78, 5) is 0. The Kier molecular flexibility index (Phi) is 11.8. The van der Waals surface area contributed by atoms with Gasteiger partial charge in [0.15, 0.2) is 0 Å². The van der Waals surface area contributed by atoms with Gasteiger partial charge in [-0.3, -0.25) is 0 Å². The minimum absolute atomic E-state index is 0.245. The van der Waals surface area contributed by atoms with Gasteiger partial charge in [0, 0.05) is 25.6 Å². The third-order valence-corrected chi connectivity index (χ3v) is 2.50. The molecule has 0 aliphatic rings. The highest BCUT2D eigenvalue weighted by Crippen LogP contribution is 2.09. The first-order chi connectivity index (χ1) is 7.66. The fourth-order valence-electron chi connectivity index (χ4n) is 1.40. The molecule has 0 rings (SSSR count). The van der Waals surface area contributed by atoms with Gasteiger partial charge in [-0.15, -0.1) is 11.6 Å². The summed E-state index contributed by atoms with van der Waals surface area (Å²) < 4.78 is 10.2. The van der Waals surface area contributed by atoms with Crippen LogP contribution in [0.25, 0.3) is 0 Å². The highest BCUT2D eigenvalue weighted by atomic mass is 35.5. The lowest BCUT2D eigenvalue weighted by Gasteiger charge is -2.12. The van der Waals surface area contributed by atoms with Gasteiger partial charge >= 0.3 is 0 Å². The van der Waals surface area contributed by atoms with Crippen LogP contribution in [0, 0.1) is 5.92 Å². The average Bonchev–Trinajstić information content (AvgIpc) is 2.21. The van der Waals surface area contributed by atoms with Gasteiger partial charge in [-0.25, -0.2) is 0 Å². The van der Waals surface area contributed by atoms with Crippen molar-refractivity contribution in [2.75, 3.05) is 40.0 Å². The maximum Gasteiger partial charge on any atom is 0.0700 e. The summed E-state index contributed by atoms with van der Waals surface area (Å²) in [5, 5.41) is 3.58. The molecule has 0 aromatic rings. The molecule has 0 bridgehead atoms. The third kappa shape index (κ3) is 12.2. The number of nitrogens with one attached hydrogen (secondary N) is 1. The van der Waals surface area contributed by atoms with Crippen LogP contribution in [0.15, 0.2) is 0 Å². The van der Waals surface area contributed by atoms with Crippen molar-refractivity contribution in [3.8, 4) is 0 Å². The predicted octanol–water partition coefficient (Wildman–Crippen LogP) is 2.28. The molecule has 98 valence electrons. The number of hydrogen-bond donors (Lipinski definition) is 1. The number of hydrogen-bond acceptors (Lipinski definition) is 3. The maximum atomic E-state index is 6.15. The minimum Gasteiger partial charge on any atom is -0.382 e. The van der Waals surface area contributed by atoms with E-state index in [1.165, 1.54) is 0 Å². The molecule has 0 aromatic heterocycles. The van der Waals surface area contributed by atoms with E-state index < -0.39 is 0 Å². The number of rotatable bonds is 11. The first-order valence-electron chi connectivity index (χ1n) is 6.08. The molecule has 16 heavy (non-hydrogen) atoms. The molecule has 0 amide bonds. The minimum atomic E-state index is 0.245. The molecule has 0 aromatic carbocycles. The molecule has 0 saturated heterocycles. The Balaban J connectivity index is 3.08. The molecule has 0 fully saturated rings. The molecular formula is C12H26ClNO2. The van der Waals surface area contributed by atoms with Crippen LogP contribution in [0.4, 0.5) is 0 Å². The summed E-state index contributed by atoms with van der Waals surface area (Å²) in [6.07, 6.45) is 2.09. The van der Waals surface area contributed by atoms with E-state index in [1.54, 1.807) is 7.11 Å². The Hall–Kier alpha value is 0.170. The van der Waals surface area contributed by atoms with Crippen LogP contribution < -0.4 is 5.32 Å². The molecule has 0 heterocycles. The molecule has 1 unspecified atom stereocenters. The van der Waals surface area contributed by atoms with E-state index in [1.807, 2.05) is 0 Å². The second-order valence-corrected chi connectivity index (χ2v) is 5.01. The van der Waals surface area contributed by atoms with Crippen LogP contribution >= 0.6 is 11.6 Å². The zero-order chi connectivity index (χ0) is 12.2. The van der Waals surface area contributed by atoms with Crippen LogP contribution in [0.2, 0.25) is 0 Å². The molecule has 0 spiro atoms. The highest BCUT2D eigenvalue weighted by molar-refractivity contribution is 6.20. The Morgan fingerprint density at radius 3 is 2.56 bits per heavy atom. The van der Waals surface area contributed by atoms with Gasteiger partial charge in [-0.1, -0.05) is 13.8 Å². The molecule has 0 radical (unpaired) electrons. The molecule has 3 nitrogen and oxygen atoms in total. The van der Waals surface area contributed by atoms with Crippen LogP contribution in [0.5, 0.6) is 0 Å². The summed E-state index contributed by atoms with van der Waals surface area (Å²) >= 11 is 6.15. The van der Waals surface area contributed by atoms with Crippen LogP contribution in [0.3, 0.4) is 0 Å². The zero-order valence-electron chi connectivity index (χ0n) is 10.8. The maximum absolute atomic E-state index is 6.15. The van der Waals surface area contributed by atoms with Gasteiger partial charge in [-0.05, 0) is 25.3 Å². The summed E-state index contributed by atoms with van der Waals surface area (Å²) in [5.74, 6) is 0.668. The SMILES string of the molecule is COCCOCCCNCC(Cl)CC(C)C. The Bertz CT molecular complexity index is 145. The number of ether oxygens (including phenoxy) is 2. The van der Waals surface area contributed by atoms with E-state index in [9.17, 15) is 0 Å². The Labute approximate surface area is 105 Å². The van der Waals surface area contributed by atoms with Gasteiger partial charge in [-0.2, -0.15) is 0 Å². The van der Waals surface area contributed by atoms with E-state index in [4.69, 9.17) is 21.1 Å². The molecule has 4 heteroatoms. The summed E-state index contributed by atoms with van der Waals surface area (Å²) in [7, 11) is 1.68. The molecule has 0 aliphatic carbocycles. The lowest BCUT2D eigenvalue weighted by molar-refractivity contribution is 0.0695. The van der Waals surface area contributed by atoms with E-state index in [0.717, 1.165) is 32.5 Å². The standard InChI is InChI=1S/C12H26ClNO2/c1-11(2)9-12(13)10-14-5-4-6-16-8-7-15-3/h11-12,14H,4-10H2,1-3H3. The second-order valence-electron chi connectivity index (χ2n) is 4.39. The summed E-state index contributed by atoms with van der Waals surface area (Å²) in [6.45, 7) is 8.38. The topological polar surface area (TPSA) is 30.5 Å². The van der Waals surface area contributed by atoms with Gasteiger partial charge in [0.25, 0.3) is 0 Å². The van der Waals surface area contributed by atoms with E-state index in [2.05, 4.69) is 19.2 Å². The van der Waals surface area contributed by atoms with Crippen molar-refractivity contribution in [2.45, 2.75) is 32.1 Å². The largest absolute Gasteiger partial charge is 0.382 e. The normalized spacial score (nSPS) is 13.3. The van der Waals surface area contributed by atoms with Crippen LogP contribution in [-0.4, -0.2) is 45.4 Å². The van der Waals surface area contributed by atoms with Gasteiger partial charge < -0.3 is 14.8 Å². The van der Waals surface area contributed by atoms with Crippen molar-refractivity contribution < 1.29 is 9.47 Å². The first-order valence-corrected chi connectivity index (χ1v) is 6.52. The van der Waals surface area contributed by atoms with E-state index >= 15 is 0 Å². The third-order valence-electron chi connectivity index (χ3n) is 2.17. The molecule has 1 N–H and O–H groups in total. The van der Waals surface area contributed by atoms with Crippen LogP contribution in [0.1, 0.15) is 26.7 Å². The van der Waals surface area contributed by atoms with E-state index in [-0.39, 0.29) is 5.38 Å². The predicted molar refractivity (Wildman–Crippen MR) is 69.3 cm³/mol. The van der Waals surface area contributed by atoms with Gasteiger partial charge in [0.05, 0.1) is 13.2 Å². The number of alkyl halides is 1. The zero-order valence-corrected chi connectivity index (χ0v) is 11.6. The van der Waals surface area contributed by atoms with Crippen molar-refractivity contribution in [3.63, 3.8) is 0 Å². The molecular weight excluding hydrogens is 226 g/mol. The smallest absolute Gasteiger partial charge is 0.0700 e. The summed E-state index contributed by atoms with van der Waals surface area (Å²) in [6, 6.07) is 0. The monoisotopic (exact) mass is 251 g/mol. The average molecular weight is 252 g/mol. The van der Waals surface area contributed by atoms with Crippen molar-refractivity contribution >= 4 is 11.6 Å². The van der Waals surface area contributed by atoms with Gasteiger partial charge in [0.2, 0.25) is 0 Å². The highest BCUT2D eigenvalue weighted by Gasteiger charge is 2.05. The van der Waals surface area contributed by atoms with Crippen LogP contribution in [-0.2, 0) is 9.47 Å². The quantitative estimate of drug-likeness (QED) is 0.452. The molecule has 0 aliphatic heterocycles. The molecule has 1 atom stereocenters. The molecule has 0 saturated carbocycles. The lowest BCUT2D eigenvalue weighted by Crippen LogP contribution is -2.26. The lowest BCUT2D eigenvalue weighted by atomic mass is 10.1. The second kappa shape index (κ2) is 11.6. The summed E-state index contributed by atoms with van der Waals surface area (Å²) in [5.41, 5.74) is 0. The fraction of sp³-hybridized carbons (Fsp3) is 1.00. The van der Waals surface area contributed by atoms with E-state index in [0.29, 0.717) is 19.1 Å². The number of methoxy groups -OCH3 is 1. The van der Waals surface area contributed by atoms with Gasteiger partial charge in [0.1, 0.15) is 0 Å². The van der Waals surface area contributed by atoms with Crippen molar-refractivity contribution in [3.05, 3.63) is 0 Å². The first kappa shape index (κ1) is 16.2. The van der Waals surface area contributed by atoms with Crippen molar-refractivity contribution in [1.82, 2.24) is 5.32 Å². The Morgan fingerprint density at radius 2 is 1.94 bits per heavy atom. The fourth-order valence-corrected chi connectivity index (χ4v) is 1.86.